The van der Waals surface area contributed by atoms with E-state index in [9.17, 15) is 43.2 Å². The van der Waals surface area contributed by atoms with Gasteiger partial charge >= 0.3 is 39.5 Å². The van der Waals surface area contributed by atoms with Gasteiger partial charge in [0.1, 0.15) is 19.3 Å². The zero-order valence-electron chi connectivity index (χ0n) is 61.4. The molecule has 17 nitrogen and oxygen atoms in total. The zero-order valence-corrected chi connectivity index (χ0v) is 63.2. The Morgan fingerprint density at radius 2 is 0.543 bits per heavy atom. The fraction of sp³-hybridized carbons (Fsp3) is 0.947. The van der Waals surface area contributed by atoms with Crippen LogP contribution in [0.5, 0.6) is 0 Å². The lowest BCUT2D eigenvalue weighted by Crippen LogP contribution is -2.30. The summed E-state index contributed by atoms with van der Waals surface area (Å²) in [5.74, 6) is 0.187. The van der Waals surface area contributed by atoms with E-state index in [1.807, 2.05) is 0 Å². The van der Waals surface area contributed by atoms with E-state index in [0.717, 1.165) is 108 Å². The topological polar surface area (TPSA) is 237 Å². The summed E-state index contributed by atoms with van der Waals surface area (Å²) < 4.78 is 68.4. The van der Waals surface area contributed by atoms with Crippen LogP contribution in [0, 0.1) is 17.8 Å². The maximum atomic E-state index is 13.1. The van der Waals surface area contributed by atoms with Crippen molar-refractivity contribution in [2.24, 2.45) is 17.8 Å². The van der Waals surface area contributed by atoms with Gasteiger partial charge in [0.2, 0.25) is 0 Å². The van der Waals surface area contributed by atoms with Gasteiger partial charge in [0.05, 0.1) is 26.4 Å². The monoisotopic (exact) mass is 1380 g/mol. The van der Waals surface area contributed by atoms with Gasteiger partial charge in [0.15, 0.2) is 12.2 Å². The molecule has 0 fully saturated rings. The third-order valence-corrected chi connectivity index (χ3v) is 19.6. The van der Waals surface area contributed by atoms with Crippen molar-refractivity contribution in [2.75, 3.05) is 39.6 Å². The molecule has 3 N–H and O–H groups in total. The highest BCUT2D eigenvalue weighted by atomic mass is 31.2. The van der Waals surface area contributed by atoms with Gasteiger partial charge in [-0.2, -0.15) is 0 Å². The van der Waals surface area contributed by atoms with Crippen molar-refractivity contribution in [3.05, 3.63) is 0 Å². The highest BCUT2D eigenvalue weighted by Crippen LogP contribution is 2.45. The molecule has 0 heterocycles. The van der Waals surface area contributed by atoms with Crippen LogP contribution in [-0.4, -0.2) is 96.7 Å². The lowest BCUT2D eigenvalue weighted by molar-refractivity contribution is -0.161. The number of carbonyl (C=O) groups is 4. The summed E-state index contributed by atoms with van der Waals surface area (Å²) in [5, 5.41) is 10.6. The maximum absolute atomic E-state index is 13.1. The maximum Gasteiger partial charge on any atom is 0.472 e. The average Bonchev–Trinajstić information content (AvgIpc) is 1.78. The van der Waals surface area contributed by atoms with Crippen LogP contribution in [0.15, 0.2) is 0 Å². The zero-order chi connectivity index (χ0) is 69.4. The van der Waals surface area contributed by atoms with Crippen molar-refractivity contribution in [2.45, 2.75) is 401 Å². The van der Waals surface area contributed by atoms with Gasteiger partial charge in [0.25, 0.3) is 0 Å². The van der Waals surface area contributed by atoms with Crippen molar-refractivity contribution >= 4 is 39.5 Å². The predicted octanol–water partition coefficient (Wildman–Crippen LogP) is 21.8. The molecule has 0 aromatic heterocycles. The van der Waals surface area contributed by atoms with Crippen LogP contribution in [0.3, 0.4) is 0 Å². The molecule has 0 aliphatic carbocycles. The van der Waals surface area contributed by atoms with Crippen molar-refractivity contribution < 1.29 is 80.2 Å². The Kier molecular flexibility index (Phi) is 64.3. The first-order chi connectivity index (χ1) is 45.3. The van der Waals surface area contributed by atoms with Gasteiger partial charge in [-0.15, -0.1) is 0 Å². The number of phosphoric ester groups is 2. The highest BCUT2D eigenvalue weighted by molar-refractivity contribution is 7.47. The number of ether oxygens (including phenoxy) is 4. The molecular weight excluding hydrogens is 1230 g/mol. The van der Waals surface area contributed by atoms with Gasteiger partial charge in [-0.25, -0.2) is 9.13 Å². The van der Waals surface area contributed by atoms with E-state index in [4.69, 9.17) is 37.0 Å². The largest absolute Gasteiger partial charge is 0.472 e. The Morgan fingerprint density at radius 3 is 0.809 bits per heavy atom. The van der Waals surface area contributed by atoms with Crippen molar-refractivity contribution in [3.63, 3.8) is 0 Å². The summed E-state index contributed by atoms with van der Waals surface area (Å²) >= 11 is 0. The molecule has 0 amide bonds. The molecule has 558 valence electrons. The second kappa shape index (κ2) is 65.7. The molecule has 0 spiro atoms. The lowest BCUT2D eigenvalue weighted by Gasteiger charge is -2.21. The molecule has 0 aliphatic heterocycles. The first-order valence-electron chi connectivity index (χ1n) is 38.9. The van der Waals surface area contributed by atoms with E-state index >= 15 is 0 Å². The first-order valence-corrected chi connectivity index (χ1v) is 41.9. The number of carbonyl (C=O) groups excluding carboxylic acids is 4. The van der Waals surface area contributed by atoms with E-state index in [1.54, 1.807) is 0 Å². The van der Waals surface area contributed by atoms with Crippen LogP contribution in [0.2, 0.25) is 0 Å². The fourth-order valence-electron chi connectivity index (χ4n) is 11.4. The van der Waals surface area contributed by atoms with Gasteiger partial charge in [-0.1, -0.05) is 331 Å². The van der Waals surface area contributed by atoms with Crippen LogP contribution < -0.4 is 0 Å². The Morgan fingerprint density at radius 1 is 0.309 bits per heavy atom. The number of rotatable bonds is 73. The minimum Gasteiger partial charge on any atom is -0.462 e. The molecule has 0 saturated carbocycles. The molecule has 0 rings (SSSR count). The van der Waals surface area contributed by atoms with E-state index in [2.05, 4.69) is 48.5 Å². The first kappa shape index (κ1) is 92.1. The average molecular weight is 1380 g/mol. The number of esters is 4. The summed E-state index contributed by atoms with van der Waals surface area (Å²) in [5.41, 5.74) is 0. The molecule has 6 atom stereocenters. The van der Waals surface area contributed by atoms with Crippen LogP contribution in [-0.2, 0) is 65.4 Å². The van der Waals surface area contributed by atoms with E-state index in [1.165, 1.54) is 186 Å². The van der Waals surface area contributed by atoms with E-state index in [0.29, 0.717) is 31.6 Å². The quantitative estimate of drug-likeness (QED) is 0.0222. The summed E-state index contributed by atoms with van der Waals surface area (Å²) in [6, 6.07) is 0. The third kappa shape index (κ3) is 67.3. The Bertz CT molecular complexity index is 1840. The number of hydrogen-bond donors (Lipinski definition) is 3. The molecule has 0 aliphatic rings. The molecule has 0 aromatic rings. The van der Waals surface area contributed by atoms with Crippen molar-refractivity contribution in [1.82, 2.24) is 0 Å². The van der Waals surface area contributed by atoms with Gasteiger partial charge in [-0.05, 0) is 43.4 Å². The molecule has 0 bridgehead atoms. The number of aliphatic hydroxyl groups excluding tert-OH is 1. The van der Waals surface area contributed by atoms with Crippen LogP contribution in [0.4, 0.5) is 0 Å². The number of phosphoric acid groups is 2. The van der Waals surface area contributed by atoms with E-state index < -0.39 is 97.5 Å². The third-order valence-electron chi connectivity index (χ3n) is 17.7. The van der Waals surface area contributed by atoms with Gasteiger partial charge in [-0.3, -0.25) is 37.3 Å². The standard InChI is InChI=1S/C75H146O17P2/c1-8-10-11-12-13-14-29-35-44-51-58-74(79)92-71(63-86-73(78)57-50-43-38-37-40-47-54-67(5)6)65-90-94(83,84)88-61-69(76)60-87-93(81,82)89-64-70(62-85-72(77)56-49-42-34-30-26-25-27-32-39-46-53-66(3)4)91-75(80)59-52-45-36-31-24-22-20-18-16-15-17-19-21-23-28-33-41-48-55-68(7)9-2/h66-71,76H,8-65H2,1-7H3,(H,81,82)(H,83,84)/t68?,69-,70-,71-/m1/s1. The second-order valence-electron chi connectivity index (χ2n) is 28.2. The highest BCUT2D eigenvalue weighted by Gasteiger charge is 2.30. The minimum absolute atomic E-state index is 0.105. The summed E-state index contributed by atoms with van der Waals surface area (Å²) in [4.78, 5) is 72.6. The van der Waals surface area contributed by atoms with Gasteiger partial charge in [0, 0.05) is 25.7 Å². The number of aliphatic hydroxyl groups is 1. The molecule has 0 aromatic carbocycles. The predicted molar refractivity (Wildman–Crippen MR) is 381 cm³/mol. The normalized spacial score (nSPS) is 14.4. The smallest absolute Gasteiger partial charge is 0.462 e. The lowest BCUT2D eigenvalue weighted by atomic mass is 9.99. The molecule has 19 heteroatoms. The summed E-state index contributed by atoms with van der Waals surface area (Å²) in [7, 11) is -9.90. The second-order valence-corrected chi connectivity index (χ2v) is 31.1. The fourth-order valence-corrected chi connectivity index (χ4v) is 13.0. The van der Waals surface area contributed by atoms with Crippen molar-refractivity contribution in [3.8, 4) is 0 Å². The summed E-state index contributed by atoms with van der Waals surface area (Å²) in [6.45, 7) is 11.9. The molecule has 0 saturated heterocycles. The van der Waals surface area contributed by atoms with Crippen LogP contribution in [0.25, 0.3) is 0 Å². The minimum atomic E-state index is -4.96. The summed E-state index contributed by atoms with van der Waals surface area (Å²) in [6.07, 6.45) is 51.6. The van der Waals surface area contributed by atoms with E-state index in [-0.39, 0.29) is 25.7 Å². The Hall–Kier alpha value is -1.94. The molecule has 94 heavy (non-hydrogen) atoms. The van der Waals surface area contributed by atoms with Crippen LogP contribution in [0.1, 0.15) is 382 Å². The number of hydrogen-bond acceptors (Lipinski definition) is 15. The van der Waals surface area contributed by atoms with Crippen molar-refractivity contribution in [1.29, 1.82) is 0 Å². The van der Waals surface area contributed by atoms with Crippen LogP contribution >= 0.6 is 15.6 Å². The molecular formula is C75H146O17P2. The SMILES string of the molecule is CCCCCCCCCCCCC(=O)O[C@H](COC(=O)CCCCCCCCC(C)C)COP(=O)(O)OC[C@H](O)COP(=O)(O)OC[C@@H](COC(=O)CCCCCCCCCCCCC(C)C)OC(=O)CCCCCCCCCCCCCCCCCCCCC(C)CC. The van der Waals surface area contributed by atoms with Gasteiger partial charge < -0.3 is 33.8 Å². The Labute approximate surface area is 575 Å². The molecule has 0 radical (unpaired) electrons. The molecule has 3 unspecified atom stereocenters. The Balaban J connectivity index is 5.16. The number of unbranched alkanes of at least 4 members (excludes halogenated alkanes) is 40.